The van der Waals surface area contributed by atoms with Crippen molar-refractivity contribution < 1.29 is 22.7 Å². The van der Waals surface area contributed by atoms with Crippen LogP contribution in [0.2, 0.25) is 0 Å². The number of hydrogen-bond acceptors (Lipinski definition) is 2. The summed E-state index contributed by atoms with van der Waals surface area (Å²) in [6.07, 6.45) is -3.33. The van der Waals surface area contributed by atoms with Crippen LogP contribution in [0, 0.1) is 5.82 Å². The molecule has 1 heterocycles. The Hall–Kier alpha value is -1.89. The van der Waals surface area contributed by atoms with Gasteiger partial charge < -0.3 is 10.1 Å². The monoisotopic (exact) mass is 274 g/mol. The summed E-state index contributed by atoms with van der Waals surface area (Å²) in [5.74, 6) is -1.08. The van der Waals surface area contributed by atoms with Gasteiger partial charge >= 0.3 is 6.18 Å². The van der Waals surface area contributed by atoms with Crippen LogP contribution in [0.4, 0.5) is 17.6 Å². The number of halogens is 4. The fraction of sp³-hybridized carbons (Fsp3) is 0.250. The second-order valence-electron chi connectivity index (χ2n) is 3.96. The lowest BCUT2D eigenvalue weighted by Gasteiger charge is -2.14. The molecule has 2 aromatic rings. The first-order chi connectivity index (χ1) is 8.89. The Bertz CT molecular complexity index is 551. The third-order valence-corrected chi connectivity index (χ3v) is 2.63. The van der Waals surface area contributed by atoms with Crippen LogP contribution in [0.25, 0.3) is 0 Å². The summed E-state index contributed by atoms with van der Waals surface area (Å²) >= 11 is 0. The molecule has 7 heteroatoms. The lowest BCUT2D eigenvalue weighted by molar-refractivity contribution is -0.140. The molecular formula is C12H10F4N2O. The number of hydrogen-bond donors (Lipinski definition) is 2. The van der Waals surface area contributed by atoms with E-state index >= 15 is 0 Å². The molecule has 2 rings (SSSR count). The number of alkyl halides is 3. The number of rotatable bonds is 3. The summed E-state index contributed by atoms with van der Waals surface area (Å²) < 4.78 is 51.3. The van der Waals surface area contributed by atoms with Gasteiger partial charge in [0.2, 0.25) is 0 Å². The van der Waals surface area contributed by atoms with E-state index < -0.39 is 29.2 Å². The Labute approximate surface area is 105 Å². The Morgan fingerprint density at radius 3 is 2.63 bits per heavy atom. The quantitative estimate of drug-likeness (QED) is 0.845. The molecule has 0 bridgehead atoms. The van der Waals surface area contributed by atoms with E-state index in [4.69, 9.17) is 0 Å². The second-order valence-corrected chi connectivity index (χ2v) is 3.96. The highest BCUT2D eigenvalue weighted by Crippen LogP contribution is 2.34. The van der Waals surface area contributed by atoms with Gasteiger partial charge in [0.15, 0.2) is 0 Å². The first kappa shape index (κ1) is 13.5. The molecule has 0 fully saturated rings. The topological polar surface area (TPSA) is 48.9 Å². The van der Waals surface area contributed by atoms with Crippen molar-refractivity contribution in [2.75, 3.05) is 0 Å². The molecule has 0 saturated carbocycles. The molecule has 2 N–H and O–H groups in total. The van der Waals surface area contributed by atoms with Gasteiger partial charge in [-0.05, 0) is 6.07 Å². The molecule has 1 unspecified atom stereocenters. The summed E-state index contributed by atoms with van der Waals surface area (Å²) in [4.78, 5) is 6.51. The minimum Gasteiger partial charge on any atom is -0.388 e. The Kier molecular flexibility index (Phi) is 3.57. The summed E-state index contributed by atoms with van der Waals surface area (Å²) in [6.45, 7) is 0. The molecule has 0 amide bonds. The number of nitrogens with one attached hydrogen (secondary N) is 1. The van der Waals surface area contributed by atoms with Gasteiger partial charge in [0.1, 0.15) is 11.6 Å². The molecule has 0 radical (unpaired) electrons. The molecule has 102 valence electrons. The van der Waals surface area contributed by atoms with Crippen molar-refractivity contribution in [1.82, 2.24) is 9.97 Å². The SMILES string of the molecule is OC(Cc1ncc[nH]1)c1cccc(C(F)(F)F)c1F. The van der Waals surface area contributed by atoms with Crippen LogP contribution in [0.1, 0.15) is 23.1 Å². The average Bonchev–Trinajstić information content (AvgIpc) is 2.80. The van der Waals surface area contributed by atoms with Crippen molar-refractivity contribution in [3.05, 3.63) is 53.4 Å². The number of aromatic amines is 1. The molecule has 19 heavy (non-hydrogen) atoms. The van der Waals surface area contributed by atoms with Crippen molar-refractivity contribution in [3.8, 4) is 0 Å². The predicted molar refractivity (Wildman–Crippen MR) is 58.7 cm³/mol. The average molecular weight is 274 g/mol. The summed E-state index contributed by atoms with van der Waals surface area (Å²) in [5.41, 5.74) is -1.78. The smallest absolute Gasteiger partial charge is 0.388 e. The van der Waals surface area contributed by atoms with Crippen molar-refractivity contribution in [2.24, 2.45) is 0 Å². The van der Waals surface area contributed by atoms with E-state index in [9.17, 15) is 22.7 Å². The van der Waals surface area contributed by atoms with E-state index in [0.717, 1.165) is 12.1 Å². The van der Waals surface area contributed by atoms with Gasteiger partial charge in [-0.1, -0.05) is 12.1 Å². The highest BCUT2D eigenvalue weighted by molar-refractivity contribution is 5.30. The Morgan fingerprint density at radius 1 is 1.32 bits per heavy atom. The van der Waals surface area contributed by atoms with Gasteiger partial charge in [-0.25, -0.2) is 9.37 Å². The van der Waals surface area contributed by atoms with Crippen molar-refractivity contribution in [3.63, 3.8) is 0 Å². The lowest BCUT2D eigenvalue weighted by Crippen LogP contribution is -2.13. The fourth-order valence-electron chi connectivity index (χ4n) is 1.73. The van der Waals surface area contributed by atoms with Gasteiger partial charge in [-0.15, -0.1) is 0 Å². The molecule has 1 aromatic carbocycles. The van der Waals surface area contributed by atoms with Crippen LogP contribution < -0.4 is 0 Å². The van der Waals surface area contributed by atoms with E-state index in [1.54, 1.807) is 0 Å². The maximum atomic E-state index is 13.7. The first-order valence-corrected chi connectivity index (χ1v) is 5.41. The number of H-pyrrole nitrogens is 1. The number of aliphatic hydroxyl groups excluding tert-OH is 1. The Morgan fingerprint density at radius 2 is 2.05 bits per heavy atom. The lowest BCUT2D eigenvalue weighted by atomic mass is 10.0. The van der Waals surface area contributed by atoms with Gasteiger partial charge in [0, 0.05) is 24.4 Å². The van der Waals surface area contributed by atoms with E-state index in [2.05, 4.69) is 9.97 Å². The van der Waals surface area contributed by atoms with E-state index in [1.165, 1.54) is 12.4 Å². The van der Waals surface area contributed by atoms with Gasteiger partial charge in [-0.3, -0.25) is 0 Å². The van der Waals surface area contributed by atoms with Crippen LogP contribution in [0.15, 0.2) is 30.6 Å². The maximum absolute atomic E-state index is 13.7. The summed E-state index contributed by atoms with van der Waals surface area (Å²) in [7, 11) is 0. The standard InChI is InChI=1S/C12H10F4N2O/c13-11-7(2-1-3-8(11)12(14,15)16)9(19)6-10-17-4-5-18-10/h1-5,9,19H,6H2,(H,17,18). The van der Waals surface area contributed by atoms with Crippen LogP contribution in [0.5, 0.6) is 0 Å². The van der Waals surface area contributed by atoms with Gasteiger partial charge in [0.05, 0.1) is 11.7 Å². The highest BCUT2D eigenvalue weighted by atomic mass is 19.4. The number of aliphatic hydroxyl groups is 1. The second kappa shape index (κ2) is 5.00. The molecule has 0 aliphatic carbocycles. The molecule has 0 saturated heterocycles. The normalized spacial score (nSPS) is 13.5. The fourth-order valence-corrected chi connectivity index (χ4v) is 1.73. The zero-order valence-electron chi connectivity index (χ0n) is 9.58. The first-order valence-electron chi connectivity index (χ1n) is 5.41. The predicted octanol–water partition coefficient (Wildman–Crippen LogP) is 2.84. The van der Waals surface area contributed by atoms with Crippen LogP contribution in [-0.2, 0) is 12.6 Å². The van der Waals surface area contributed by atoms with Crippen LogP contribution in [0.3, 0.4) is 0 Å². The van der Waals surface area contributed by atoms with Crippen molar-refractivity contribution in [2.45, 2.75) is 18.7 Å². The number of imidazole rings is 1. The minimum absolute atomic E-state index is 0.0920. The zero-order valence-corrected chi connectivity index (χ0v) is 9.58. The van der Waals surface area contributed by atoms with Crippen LogP contribution in [-0.4, -0.2) is 15.1 Å². The van der Waals surface area contributed by atoms with Crippen molar-refractivity contribution in [1.29, 1.82) is 0 Å². The molecule has 0 spiro atoms. The van der Waals surface area contributed by atoms with Crippen LogP contribution >= 0.6 is 0 Å². The summed E-state index contributed by atoms with van der Waals surface area (Å²) in [5, 5.41) is 9.80. The maximum Gasteiger partial charge on any atom is 0.419 e. The van der Waals surface area contributed by atoms with Gasteiger partial charge in [-0.2, -0.15) is 13.2 Å². The molecule has 1 atom stereocenters. The number of nitrogens with zero attached hydrogens (tertiary/aromatic N) is 1. The van der Waals surface area contributed by atoms with E-state index in [-0.39, 0.29) is 6.42 Å². The molecular weight excluding hydrogens is 264 g/mol. The van der Waals surface area contributed by atoms with E-state index in [0.29, 0.717) is 11.9 Å². The third-order valence-electron chi connectivity index (χ3n) is 2.63. The highest BCUT2D eigenvalue weighted by Gasteiger charge is 2.35. The third kappa shape index (κ3) is 2.93. The Balaban J connectivity index is 2.30. The number of aromatic nitrogens is 2. The molecule has 1 aromatic heterocycles. The van der Waals surface area contributed by atoms with E-state index in [1.807, 2.05) is 0 Å². The molecule has 0 aliphatic rings. The minimum atomic E-state index is -4.79. The van der Waals surface area contributed by atoms with Crippen molar-refractivity contribution >= 4 is 0 Å². The molecule has 3 nitrogen and oxygen atoms in total. The van der Waals surface area contributed by atoms with Gasteiger partial charge in [0.25, 0.3) is 0 Å². The molecule has 0 aliphatic heterocycles. The number of benzene rings is 1. The summed E-state index contributed by atoms with van der Waals surface area (Å²) in [6, 6.07) is 2.82. The largest absolute Gasteiger partial charge is 0.419 e. The zero-order chi connectivity index (χ0) is 14.0.